The Morgan fingerprint density at radius 1 is 1.38 bits per heavy atom. The van der Waals surface area contributed by atoms with Crippen LogP contribution in [-0.2, 0) is 4.79 Å². The number of nitrogens with one attached hydrogen (secondary N) is 1. The molecule has 144 valence electrons. The molecule has 1 atom stereocenters. The molecule has 1 saturated carbocycles. The summed E-state index contributed by atoms with van der Waals surface area (Å²) in [6.07, 6.45) is 1.20. The van der Waals surface area contributed by atoms with Crippen LogP contribution in [0.2, 0.25) is 0 Å². The van der Waals surface area contributed by atoms with Crippen molar-refractivity contribution < 1.29 is 14.3 Å². The summed E-state index contributed by atoms with van der Waals surface area (Å²) in [5.74, 6) is 0.263. The predicted molar refractivity (Wildman–Crippen MR) is 109 cm³/mol. The molecule has 26 heavy (non-hydrogen) atoms. The molecule has 1 aliphatic carbocycles. The number of piperazine rings is 1. The Morgan fingerprint density at radius 3 is 2.73 bits per heavy atom. The van der Waals surface area contributed by atoms with Crippen LogP contribution in [0.5, 0.6) is 0 Å². The van der Waals surface area contributed by atoms with Crippen LogP contribution in [0.4, 0.5) is 4.39 Å². The Bertz CT molecular complexity index is 654. The molecule has 1 amide bonds. The number of halogens is 2. The summed E-state index contributed by atoms with van der Waals surface area (Å²) in [4.78, 5) is 20.6. The van der Waals surface area contributed by atoms with E-state index in [4.69, 9.17) is 0 Å². The van der Waals surface area contributed by atoms with Gasteiger partial charge in [0.15, 0.2) is 5.96 Å². The molecule has 2 N–H and O–H groups in total. The van der Waals surface area contributed by atoms with Gasteiger partial charge in [-0.2, -0.15) is 0 Å². The number of hydrogen-bond donors (Lipinski definition) is 2. The molecule has 2 fully saturated rings. The first-order chi connectivity index (χ1) is 12.1. The summed E-state index contributed by atoms with van der Waals surface area (Å²) < 4.78 is 13.8. The summed E-state index contributed by atoms with van der Waals surface area (Å²) in [6.45, 7) is 4.35. The monoisotopic (exact) mass is 476 g/mol. The first-order valence-electron chi connectivity index (χ1n) is 8.85. The van der Waals surface area contributed by atoms with Gasteiger partial charge in [0.25, 0.3) is 0 Å². The maximum atomic E-state index is 13.8. The first kappa shape index (κ1) is 20.9. The van der Waals surface area contributed by atoms with Gasteiger partial charge in [0.2, 0.25) is 5.91 Å². The van der Waals surface area contributed by atoms with Crippen molar-refractivity contribution in [3.63, 3.8) is 0 Å². The summed E-state index contributed by atoms with van der Waals surface area (Å²) in [5.41, 5.74) is 0.233. The lowest BCUT2D eigenvalue weighted by Crippen LogP contribution is -2.55. The van der Waals surface area contributed by atoms with E-state index in [0.717, 1.165) is 12.8 Å². The molecule has 8 heteroatoms. The van der Waals surface area contributed by atoms with Gasteiger partial charge >= 0.3 is 0 Å². The highest BCUT2D eigenvalue weighted by atomic mass is 127. The van der Waals surface area contributed by atoms with Gasteiger partial charge in [-0.25, -0.2) is 4.39 Å². The van der Waals surface area contributed by atoms with E-state index in [1.807, 2.05) is 16.7 Å². The lowest BCUT2D eigenvalue weighted by molar-refractivity contribution is -0.135. The predicted octanol–water partition coefficient (Wildman–Crippen LogP) is 1.75. The second-order valence-electron chi connectivity index (χ2n) is 6.47. The van der Waals surface area contributed by atoms with E-state index in [2.05, 4.69) is 10.3 Å². The average molecular weight is 476 g/mol. The Balaban J connectivity index is 0.00000243. The third kappa shape index (κ3) is 5.06. The highest BCUT2D eigenvalue weighted by molar-refractivity contribution is 14.0. The summed E-state index contributed by atoms with van der Waals surface area (Å²) in [7, 11) is 0. The van der Waals surface area contributed by atoms with E-state index in [0.29, 0.717) is 31.6 Å². The van der Waals surface area contributed by atoms with Crippen molar-refractivity contribution in [2.75, 3.05) is 32.7 Å². The van der Waals surface area contributed by atoms with E-state index in [9.17, 15) is 14.3 Å². The van der Waals surface area contributed by atoms with Crippen LogP contribution in [0.1, 0.15) is 31.4 Å². The van der Waals surface area contributed by atoms with Crippen LogP contribution in [0.15, 0.2) is 29.3 Å². The quantitative estimate of drug-likeness (QED) is 0.386. The number of rotatable bonds is 5. The van der Waals surface area contributed by atoms with E-state index >= 15 is 0 Å². The molecule has 2 aliphatic rings. The highest BCUT2D eigenvalue weighted by Gasteiger charge is 2.36. The van der Waals surface area contributed by atoms with Crippen molar-refractivity contribution in [3.05, 3.63) is 35.6 Å². The fourth-order valence-corrected chi connectivity index (χ4v) is 3.08. The molecule has 1 aliphatic heterocycles. The summed E-state index contributed by atoms with van der Waals surface area (Å²) in [6, 6.07) is 6.58. The minimum Gasteiger partial charge on any atom is -0.386 e. The van der Waals surface area contributed by atoms with Gasteiger partial charge in [-0.15, -0.1) is 24.0 Å². The molecular formula is C18H26FIN4O2. The van der Waals surface area contributed by atoms with Crippen LogP contribution >= 0.6 is 24.0 Å². The minimum absolute atomic E-state index is 0. The number of hydrogen-bond acceptors (Lipinski definition) is 3. The number of carbonyl (C=O) groups is 1. The Hall–Kier alpha value is -1.42. The maximum Gasteiger partial charge on any atom is 0.242 e. The van der Waals surface area contributed by atoms with Crippen molar-refractivity contribution in [3.8, 4) is 0 Å². The molecule has 1 aromatic carbocycles. The molecular weight excluding hydrogens is 450 g/mol. The summed E-state index contributed by atoms with van der Waals surface area (Å²) >= 11 is 0. The third-order valence-electron chi connectivity index (χ3n) is 4.56. The standard InChI is InChI=1S/C18H25FN4O2.HI/c1-2-20-18(21-11-16(24)14-5-3-4-6-15(14)19)22-9-10-23(13-7-8-13)17(25)12-22;/h3-6,13,16,24H,2,7-12H2,1H3,(H,20,21);1H. The molecule has 0 bridgehead atoms. The number of aliphatic hydroxyl groups is 1. The van der Waals surface area contributed by atoms with Crippen molar-refractivity contribution in [2.24, 2.45) is 4.99 Å². The van der Waals surface area contributed by atoms with Crippen LogP contribution in [0.25, 0.3) is 0 Å². The third-order valence-corrected chi connectivity index (χ3v) is 4.56. The molecule has 6 nitrogen and oxygen atoms in total. The van der Waals surface area contributed by atoms with Crippen LogP contribution < -0.4 is 5.32 Å². The summed E-state index contributed by atoms with van der Waals surface area (Å²) in [5, 5.41) is 13.4. The fourth-order valence-electron chi connectivity index (χ4n) is 3.08. The fraction of sp³-hybridized carbons (Fsp3) is 0.556. The van der Waals surface area contributed by atoms with Crippen molar-refractivity contribution in [1.29, 1.82) is 0 Å². The Kier molecular flexibility index (Phi) is 7.63. The normalized spacial score (nSPS) is 19.2. The van der Waals surface area contributed by atoms with E-state index in [1.54, 1.807) is 18.2 Å². The molecule has 1 heterocycles. The number of carbonyl (C=O) groups excluding carboxylic acids is 1. The topological polar surface area (TPSA) is 68.2 Å². The number of guanidine groups is 1. The van der Waals surface area contributed by atoms with E-state index < -0.39 is 11.9 Å². The lowest BCUT2D eigenvalue weighted by atomic mass is 10.1. The van der Waals surface area contributed by atoms with Crippen molar-refractivity contribution in [1.82, 2.24) is 15.1 Å². The number of amides is 1. The second kappa shape index (κ2) is 9.50. The van der Waals surface area contributed by atoms with Crippen LogP contribution in [0, 0.1) is 5.82 Å². The highest BCUT2D eigenvalue weighted by Crippen LogP contribution is 2.28. The van der Waals surface area contributed by atoms with Gasteiger partial charge < -0.3 is 20.2 Å². The molecule has 0 spiro atoms. The molecule has 0 radical (unpaired) electrons. The number of benzene rings is 1. The largest absolute Gasteiger partial charge is 0.386 e. The Labute approximate surface area is 170 Å². The van der Waals surface area contributed by atoms with Crippen molar-refractivity contribution in [2.45, 2.75) is 31.9 Å². The van der Waals surface area contributed by atoms with E-state index in [-0.39, 0.29) is 48.5 Å². The number of aliphatic hydroxyl groups excluding tert-OH is 1. The molecule has 0 aromatic heterocycles. The average Bonchev–Trinajstić information content (AvgIpc) is 3.43. The zero-order chi connectivity index (χ0) is 17.8. The zero-order valence-corrected chi connectivity index (χ0v) is 17.2. The minimum atomic E-state index is -1.02. The van der Waals surface area contributed by atoms with Gasteiger partial charge in [0.1, 0.15) is 11.9 Å². The van der Waals surface area contributed by atoms with Crippen molar-refractivity contribution >= 4 is 35.8 Å². The lowest BCUT2D eigenvalue weighted by Gasteiger charge is -2.36. The molecule has 1 saturated heterocycles. The smallest absolute Gasteiger partial charge is 0.242 e. The molecule has 1 unspecified atom stereocenters. The second-order valence-corrected chi connectivity index (χ2v) is 6.47. The van der Waals surface area contributed by atoms with E-state index in [1.165, 1.54) is 6.07 Å². The van der Waals surface area contributed by atoms with Gasteiger partial charge in [0, 0.05) is 31.2 Å². The van der Waals surface area contributed by atoms with Crippen LogP contribution in [0.3, 0.4) is 0 Å². The van der Waals surface area contributed by atoms with Gasteiger partial charge in [-0.05, 0) is 25.8 Å². The SMILES string of the molecule is CCNC(=NCC(O)c1ccccc1F)N1CCN(C2CC2)C(=O)C1.I. The van der Waals surface area contributed by atoms with Crippen LogP contribution in [-0.4, -0.2) is 65.5 Å². The van der Waals surface area contributed by atoms with Gasteiger partial charge in [-0.3, -0.25) is 9.79 Å². The van der Waals surface area contributed by atoms with Gasteiger partial charge in [0.05, 0.1) is 13.1 Å². The van der Waals surface area contributed by atoms with Gasteiger partial charge in [-0.1, -0.05) is 18.2 Å². The number of nitrogens with zero attached hydrogens (tertiary/aromatic N) is 3. The molecule has 3 rings (SSSR count). The number of aliphatic imine (C=N–C) groups is 1. The maximum absolute atomic E-state index is 13.8. The molecule has 1 aromatic rings. The first-order valence-corrected chi connectivity index (χ1v) is 8.85. The zero-order valence-electron chi connectivity index (χ0n) is 14.9. The Morgan fingerprint density at radius 2 is 2.12 bits per heavy atom.